The molecule has 28 heavy (non-hydrogen) atoms. The van der Waals surface area contributed by atoms with Crippen LogP contribution in [0.5, 0.6) is 0 Å². The van der Waals surface area contributed by atoms with Crippen LogP contribution in [0.2, 0.25) is 0 Å². The van der Waals surface area contributed by atoms with Gasteiger partial charge >= 0.3 is 5.97 Å². The molecule has 0 spiro atoms. The van der Waals surface area contributed by atoms with Gasteiger partial charge in [0, 0.05) is 23.9 Å². The van der Waals surface area contributed by atoms with Gasteiger partial charge in [-0.15, -0.1) is 0 Å². The third-order valence-corrected chi connectivity index (χ3v) is 4.14. The van der Waals surface area contributed by atoms with E-state index in [4.69, 9.17) is 10.00 Å². The summed E-state index contributed by atoms with van der Waals surface area (Å²) in [6, 6.07) is 13.2. The van der Waals surface area contributed by atoms with Gasteiger partial charge in [0.25, 0.3) is 11.6 Å². The number of benzene rings is 2. The van der Waals surface area contributed by atoms with Crippen LogP contribution in [0.4, 0.5) is 11.4 Å². The molecule has 1 amide bonds. The zero-order chi connectivity index (χ0) is 20.7. The summed E-state index contributed by atoms with van der Waals surface area (Å²) in [6.07, 6.45) is 0.123. The largest absolute Gasteiger partial charge is 0.452 e. The topological polar surface area (TPSA) is 114 Å². The van der Waals surface area contributed by atoms with Crippen molar-refractivity contribution in [2.24, 2.45) is 0 Å². The second-order valence-corrected chi connectivity index (χ2v) is 6.07. The molecule has 0 heterocycles. The number of nitrogens with zero attached hydrogens (tertiary/aromatic N) is 3. The maximum atomic E-state index is 12.6. The fourth-order valence-electron chi connectivity index (χ4n) is 2.61. The maximum Gasteiger partial charge on any atom is 0.339 e. The molecule has 0 aliphatic heterocycles. The molecular formula is C20H19N3O5. The first-order valence-electron chi connectivity index (χ1n) is 8.50. The first-order chi connectivity index (χ1) is 13.3. The average Bonchev–Trinajstić information content (AvgIpc) is 2.67. The summed E-state index contributed by atoms with van der Waals surface area (Å²) < 4.78 is 5.08. The molecule has 0 saturated carbocycles. The van der Waals surface area contributed by atoms with Gasteiger partial charge in [-0.05, 0) is 32.0 Å². The predicted octanol–water partition coefficient (Wildman–Crippen LogP) is 3.32. The van der Waals surface area contributed by atoms with E-state index in [9.17, 15) is 19.7 Å². The molecule has 0 radical (unpaired) electrons. The van der Waals surface area contributed by atoms with Crippen LogP contribution in [0.25, 0.3) is 0 Å². The van der Waals surface area contributed by atoms with Crippen LogP contribution in [0.15, 0.2) is 42.5 Å². The smallest absolute Gasteiger partial charge is 0.339 e. The van der Waals surface area contributed by atoms with Gasteiger partial charge in [0.2, 0.25) is 0 Å². The Morgan fingerprint density at radius 3 is 2.46 bits per heavy atom. The molecule has 2 aromatic carbocycles. The molecule has 0 saturated heterocycles. The third kappa shape index (κ3) is 4.92. The summed E-state index contributed by atoms with van der Waals surface area (Å²) in [6.45, 7) is 2.97. The molecule has 8 heteroatoms. The Bertz CT molecular complexity index is 932. The number of amides is 1. The number of carbonyl (C=O) groups excluding carboxylic acids is 2. The van der Waals surface area contributed by atoms with Crippen LogP contribution in [-0.4, -0.2) is 30.0 Å². The summed E-state index contributed by atoms with van der Waals surface area (Å²) in [7, 11) is 0. The minimum Gasteiger partial charge on any atom is -0.452 e. The first kappa shape index (κ1) is 20.6. The molecule has 0 atom stereocenters. The third-order valence-electron chi connectivity index (χ3n) is 4.14. The van der Waals surface area contributed by atoms with E-state index in [0.717, 1.165) is 5.56 Å². The van der Waals surface area contributed by atoms with Crippen molar-refractivity contribution >= 4 is 23.3 Å². The van der Waals surface area contributed by atoms with E-state index in [2.05, 4.69) is 0 Å². The molecule has 0 fully saturated rings. The van der Waals surface area contributed by atoms with Gasteiger partial charge in [-0.1, -0.05) is 23.8 Å². The van der Waals surface area contributed by atoms with E-state index < -0.39 is 23.4 Å². The highest BCUT2D eigenvalue weighted by atomic mass is 16.6. The summed E-state index contributed by atoms with van der Waals surface area (Å²) in [5.41, 5.74) is 1.61. The molecule has 8 nitrogen and oxygen atoms in total. The second-order valence-electron chi connectivity index (χ2n) is 6.07. The maximum absolute atomic E-state index is 12.6. The molecule has 0 aromatic heterocycles. The summed E-state index contributed by atoms with van der Waals surface area (Å²) >= 11 is 0. The number of nitriles is 1. The van der Waals surface area contributed by atoms with E-state index in [1.807, 2.05) is 25.1 Å². The standard InChI is InChI=1S/C20H19N3O5/c1-14-7-9-16(10-8-14)22(12-4-11-21)19(24)13-28-20(25)17-5-3-6-18(15(17)2)23(26)27/h3,5-10H,4,12-13H2,1-2H3. The Hall–Kier alpha value is -3.73. The van der Waals surface area contributed by atoms with Gasteiger partial charge in [-0.2, -0.15) is 5.26 Å². The number of anilines is 1. The minimum atomic E-state index is -0.821. The lowest BCUT2D eigenvalue weighted by Gasteiger charge is -2.22. The number of hydrogen-bond donors (Lipinski definition) is 0. The second kappa shape index (κ2) is 9.28. The number of hydrogen-bond acceptors (Lipinski definition) is 6. The number of carbonyl (C=O) groups is 2. The Balaban J connectivity index is 2.13. The number of nitro benzene ring substituents is 1. The molecule has 144 valence electrons. The highest BCUT2D eigenvalue weighted by molar-refractivity contribution is 5.98. The van der Waals surface area contributed by atoms with Crippen molar-refractivity contribution in [3.8, 4) is 6.07 Å². The Kier molecular flexibility index (Phi) is 6.82. The summed E-state index contributed by atoms with van der Waals surface area (Å²) in [5.74, 6) is -1.31. The summed E-state index contributed by atoms with van der Waals surface area (Å²) in [5, 5.41) is 19.8. The fourth-order valence-corrected chi connectivity index (χ4v) is 2.61. The van der Waals surface area contributed by atoms with Gasteiger partial charge in [-0.25, -0.2) is 4.79 Å². The number of nitro groups is 1. The molecule has 0 aliphatic carbocycles. The van der Waals surface area contributed by atoms with Crippen LogP contribution < -0.4 is 4.90 Å². The monoisotopic (exact) mass is 381 g/mol. The van der Waals surface area contributed by atoms with E-state index in [-0.39, 0.29) is 29.8 Å². The van der Waals surface area contributed by atoms with Crippen molar-refractivity contribution in [1.29, 1.82) is 5.26 Å². The van der Waals surface area contributed by atoms with Gasteiger partial charge in [0.05, 0.1) is 23.0 Å². The Labute approximate surface area is 162 Å². The van der Waals surface area contributed by atoms with Gasteiger partial charge in [0.15, 0.2) is 6.61 Å². The quantitative estimate of drug-likeness (QED) is 0.413. The van der Waals surface area contributed by atoms with Crippen LogP contribution in [0, 0.1) is 35.3 Å². The van der Waals surface area contributed by atoms with Crippen molar-refractivity contribution in [2.75, 3.05) is 18.1 Å². The predicted molar refractivity (Wildman–Crippen MR) is 102 cm³/mol. The first-order valence-corrected chi connectivity index (χ1v) is 8.50. The lowest BCUT2D eigenvalue weighted by atomic mass is 10.1. The molecule has 2 rings (SSSR count). The highest BCUT2D eigenvalue weighted by Crippen LogP contribution is 2.22. The lowest BCUT2D eigenvalue weighted by Crippen LogP contribution is -2.35. The number of aryl methyl sites for hydroxylation is 1. The van der Waals surface area contributed by atoms with Gasteiger partial charge in [-0.3, -0.25) is 14.9 Å². The normalized spacial score (nSPS) is 10.0. The Morgan fingerprint density at radius 2 is 1.86 bits per heavy atom. The van der Waals surface area contributed by atoms with E-state index >= 15 is 0 Å². The van der Waals surface area contributed by atoms with Crippen LogP contribution in [-0.2, 0) is 9.53 Å². The highest BCUT2D eigenvalue weighted by Gasteiger charge is 2.22. The van der Waals surface area contributed by atoms with Crippen molar-refractivity contribution in [3.63, 3.8) is 0 Å². The fraction of sp³-hybridized carbons (Fsp3) is 0.250. The minimum absolute atomic E-state index is 0.0286. The zero-order valence-electron chi connectivity index (χ0n) is 15.5. The molecule has 0 N–H and O–H groups in total. The van der Waals surface area contributed by atoms with Gasteiger partial charge < -0.3 is 9.64 Å². The van der Waals surface area contributed by atoms with Crippen molar-refractivity contribution < 1.29 is 19.2 Å². The SMILES string of the molecule is Cc1ccc(N(CCC#N)C(=O)COC(=O)c2cccc([N+](=O)[O-])c2C)cc1. The average molecular weight is 381 g/mol. The molecule has 0 aliphatic rings. The Morgan fingerprint density at radius 1 is 1.18 bits per heavy atom. The molecule has 2 aromatic rings. The van der Waals surface area contributed by atoms with Crippen LogP contribution >= 0.6 is 0 Å². The molecule has 0 bridgehead atoms. The van der Waals surface area contributed by atoms with E-state index in [0.29, 0.717) is 5.69 Å². The van der Waals surface area contributed by atoms with E-state index in [1.165, 1.54) is 30.0 Å². The van der Waals surface area contributed by atoms with E-state index in [1.54, 1.807) is 12.1 Å². The van der Waals surface area contributed by atoms with Crippen molar-refractivity contribution in [2.45, 2.75) is 20.3 Å². The number of esters is 1. The number of ether oxygens (including phenoxy) is 1. The lowest BCUT2D eigenvalue weighted by molar-refractivity contribution is -0.385. The molecular weight excluding hydrogens is 362 g/mol. The van der Waals surface area contributed by atoms with Crippen LogP contribution in [0.1, 0.15) is 27.9 Å². The van der Waals surface area contributed by atoms with Crippen molar-refractivity contribution in [3.05, 3.63) is 69.3 Å². The number of rotatable bonds is 7. The summed E-state index contributed by atoms with van der Waals surface area (Å²) in [4.78, 5) is 36.6. The van der Waals surface area contributed by atoms with Crippen molar-refractivity contribution in [1.82, 2.24) is 0 Å². The van der Waals surface area contributed by atoms with Crippen LogP contribution in [0.3, 0.4) is 0 Å². The van der Waals surface area contributed by atoms with Gasteiger partial charge in [0.1, 0.15) is 0 Å². The molecule has 0 unspecified atom stereocenters. The zero-order valence-corrected chi connectivity index (χ0v) is 15.5.